The summed E-state index contributed by atoms with van der Waals surface area (Å²) in [5.41, 5.74) is 1.06. The lowest BCUT2D eigenvalue weighted by Gasteiger charge is -2.26. The van der Waals surface area contributed by atoms with Crippen molar-refractivity contribution in [2.75, 3.05) is 20.2 Å². The van der Waals surface area contributed by atoms with Gasteiger partial charge in [0.2, 0.25) is 11.8 Å². The van der Waals surface area contributed by atoms with Gasteiger partial charge < -0.3 is 15.0 Å². The first-order chi connectivity index (χ1) is 10.3. The fourth-order valence-corrected chi connectivity index (χ4v) is 2.09. The molecule has 0 aromatic heterocycles. The van der Waals surface area contributed by atoms with Gasteiger partial charge in [0, 0.05) is 14.0 Å². The van der Waals surface area contributed by atoms with Crippen LogP contribution in [-0.2, 0) is 9.59 Å². The largest absolute Gasteiger partial charge is 0.491 e. The van der Waals surface area contributed by atoms with Gasteiger partial charge in [0.05, 0.1) is 6.54 Å². The smallest absolute Gasteiger partial charge is 0.245 e. The Bertz CT molecular complexity index is 514. The summed E-state index contributed by atoms with van der Waals surface area (Å²) in [5.74, 6) is 0.567. The van der Waals surface area contributed by atoms with E-state index in [0.29, 0.717) is 13.2 Å². The molecule has 5 heteroatoms. The molecule has 0 radical (unpaired) electrons. The topological polar surface area (TPSA) is 58.6 Å². The highest BCUT2D eigenvalue weighted by atomic mass is 16.5. The van der Waals surface area contributed by atoms with Crippen LogP contribution in [0.5, 0.6) is 5.75 Å². The quantitative estimate of drug-likeness (QED) is 0.838. The number of nitrogens with zero attached hydrogens (tertiary/aromatic N) is 1. The third kappa shape index (κ3) is 5.39. The number of nitrogens with one attached hydrogen (secondary N) is 1. The zero-order valence-corrected chi connectivity index (χ0v) is 14.1. The number of para-hydroxylation sites is 1. The van der Waals surface area contributed by atoms with Crippen molar-refractivity contribution in [1.29, 1.82) is 0 Å². The number of carbonyl (C=O) groups is 2. The van der Waals surface area contributed by atoms with Crippen LogP contribution < -0.4 is 10.1 Å². The molecule has 22 heavy (non-hydrogen) atoms. The first kappa shape index (κ1) is 18.0. The third-order valence-electron chi connectivity index (χ3n) is 3.45. The van der Waals surface area contributed by atoms with Gasteiger partial charge in [-0.05, 0) is 24.5 Å². The number of benzene rings is 1. The van der Waals surface area contributed by atoms with Crippen molar-refractivity contribution in [2.24, 2.45) is 5.92 Å². The molecule has 0 aliphatic carbocycles. The van der Waals surface area contributed by atoms with Crippen LogP contribution in [0.3, 0.4) is 0 Å². The van der Waals surface area contributed by atoms with Gasteiger partial charge in [-0.3, -0.25) is 9.59 Å². The molecule has 5 nitrogen and oxygen atoms in total. The first-order valence-corrected chi connectivity index (χ1v) is 7.53. The Balaban J connectivity index is 2.53. The number of likely N-dealkylation sites (N-methyl/N-ethyl adjacent to an activating group) is 1. The average molecular weight is 306 g/mol. The molecule has 0 heterocycles. The van der Waals surface area contributed by atoms with Crippen LogP contribution >= 0.6 is 0 Å². The van der Waals surface area contributed by atoms with Gasteiger partial charge in [-0.15, -0.1) is 0 Å². The van der Waals surface area contributed by atoms with Gasteiger partial charge in [0.25, 0.3) is 0 Å². The van der Waals surface area contributed by atoms with E-state index in [1.54, 1.807) is 11.9 Å². The number of hydrogen-bond donors (Lipinski definition) is 1. The Hall–Kier alpha value is -2.04. The lowest BCUT2D eigenvalue weighted by molar-refractivity contribution is -0.136. The Kier molecular flexibility index (Phi) is 6.89. The Morgan fingerprint density at radius 3 is 2.45 bits per heavy atom. The van der Waals surface area contributed by atoms with Crippen LogP contribution in [-0.4, -0.2) is 43.0 Å². The Morgan fingerprint density at radius 1 is 1.27 bits per heavy atom. The maximum atomic E-state index is 12.4. The molecule has 0 spiro atoms. The summed E-state index contributed by atoms with van der Waals surface area (Å²) < 4.78 is 5.70. The zero-order valence-electron chi connectivity index (χ0n) is 14.1. The van der Waals surface area contributed by atoms with Crippen LogP contribution in [0.1, 0.15) is 26.3 Å². The molecule has 0 aliphatic rings. The monoisotopic (exact) mass is 306 g/mol. The van der Waals surface area contributed by atoms with Crippen LogP contribution in [0.15, 0.2) is 24.3 Å². The number of rotatable bonds is 7. The van der Waals surface area contributed by atoms with Gasteiger partial charge in [0.15, 0.2) is 0 Å². The van der Waals surface area contributed by atoms with E-state index in [-0.39, 0.29) is 17.7 Å². The Labute approximate surface area is 132 Å². The van der Waals surface area contributed by atoms with Crippen molar-refractivity contribution >= 4 is 11.8 Å². The van der Waals surface area contributed by atoms with E-state index in [1.807, 2.05) is 45.0 Å². The SMILES string of the molecule is CC(=O)N[C@H](C(=O)N(C)CCOc1ccccc1C)C(C)C. The second kappa shape index (κ2) is 8.41. The summed E-state index contributed by atoms with van der Waals surface area (Å²) >= 11 is 0. The molecule has 0 fully saturated rings. The molecule has 1 atom stereocenters. The molecule has 0 saturated carbocycles. The fraction of sp³-hybridized carbons (Fsp3) is 0.529. The fourth-order valence-electron chi connectivity index (χ4n) is 2.09. The van der Waals surface area contributed by atoms with Crippen LogP contribution in [0.2, 0.25) is 0 Å². The molecule has 122 valence electrons. The lowest BCUT2D eigenvalue weighted by Crippen LogP contribution is -2.50. The van der Waals surface area contributed by atoms with Crippen LogP contribution in [0, 0.1) is 12.8 Å². The zero-order chi connectivity index (χ0) is 16.7. The summed E-state index contributed by atoms with van der Waals surface area (Å²) in [5, 5.41) is 2.71. The number of carbonyl (C=O) groups excluding carboxylic acids is 2. The molecule has 0 unspecified atom stereocenters. The highest BCUT2D eigenvalue weighted by molar-refractivity contribution is 5.86. The molecule has 0 saturated heterocycles. The van der Waals surface area contributed by atoms with E-state index in [2.05, 4.69) is 5.32 Å². The maximum absolute atomic E-state index is 12.4. The summed E-state index contributed by atoms with van der Waals surface area (Å²) in [7, 11) is 1.72. The van der Waals surface area contributed by atoms with Crippen molar-refractivity contribution in [2.45, 2.75) is 33.7 Å². The van der Waals surface area contributed by atoms with Crippen molar-refractivity contribution in [3.63, 3.8) is 0 Å². The van der Waals surface area contributed by atoms with Crippen molar-refractivity contribution in [1.82, 2.24) is 10.2 Å². The van der Waals surface area contributed by atoms with E-state index < -0.39 is 6.04 Å². The minimum Gasteiger partial charge on any atom is -0.491 e. The average Bonchev–Trinajstić information content (AvgIpc) is 2.45. The van der Waals surface area contributed by atoms with Gasteiger partial charge in [-0.25, -0.2) is 0 Å². The summed E-state index contributed by atoms with van der Waals surface area (Å²) in [6, 6.07) is 7.27. The van der Waals surface area contributed by atoms with Gasteiger partial charge in [0.1, 0.15) is 18.4 Å². The molecule has 1 aromatic rings. The molecule has 1 aromatic carbocycles. The minimum absolute atomic E-state index is 0.0381. The molecule has 1 rings (SSSR count). The van der Waals surface area contributed by atoms with E-state index >= 15 is 0 Å². The highest BCUT2D eigenvalue weighted by Crippen LogP contribution is 2.16. The second-order valence-electron chi connectivity index (χ2n) is 5.80. The number of aryl methyl sites for hydroxylation is 1. The van der Waals surface area contributed by atoms with Crippen LogP contribution in [0.4, 0.5) is 0 Å². The van der Waals surface area contributed by atoms with Crippen molar-refractivity contribution < 1.29 is 14.3 Å². The number of ether oxygens (including phenoxy) is 1. The third-order valence-corrected chi connectivity index (χ3v) is 3.45. The van der Waals surface area contributed by atoms with E-state index in [9.17, 15) is 9.59 Å². The Morgan fingerprint density at radius 2 is 1.91 bits per heavy atom. The van der Waals surface area contributed by atoms with Gasteiger partial charge in [-0.2, -0.15) is 0 Å². The number of hydrogen-bond acceptors (Lipinski definition) is 3. The highest BCUT2D eigenvalue weighted by Gasteiger charge is 2.25. The van der Waals surface area contributed by atoms with Crippen molar-refractivity contribution in [3.05, 3.63) is 29.8 Å². The minimum atomic E-state index is -0.499. The molecule has 2 amide bonds. The summed E-state index contributed by atoms with van der Waals surface area (Å²) in [4.78, 5) is 25.2. The lowest BCUT2D eigenvalue weighted by atomic mass is 10.0. The molecular formula is C17H26N2O3. The predicted molar refractivity (Wildman–Crippen MR) is 86.8 cm³/mol. The summed E-state index contributed by atoms with van der Waals surface area (Å²) in [6.45, 7) is 8.11. The molecule has 0 aliphatic heterocycles. The summed E-state index contributed by atoms with van der Waals surface area (Å²) in [6.07, 6.45) is 0. The van der Waals surface area contributed by atoms with E-state index in [4.69, 9.17) is 4.74 Å². The van der Waals surface area contributed by atoms with Gasteiger partial charge >= 0.3 is 0 Å². The molecular weight excluding hydrogens is 280 g/mol. The van der Waals surface area contributed by atoms with Gasteiger partial charge in [-0.1, -0.05) is 32.0 Å². The van der Waals surface area contributed by atoms with Crippen LogP contribution in [0.25, 0.3) is 0 Å². The first-order valence-electron chi connectivity index (χ1n) is 7.53. The van der Waals surface area contributed by atoms with Crippen molar-refractivity contribution in [3.8, 4) is 5.75 Å². The maximum Gasteiger partial charge on any atom is 0.245 e. The second-order valence-corrected chi connectivity index (χ2v) is 5.80. The molecule has 0 bridgehead atoms. The molecule has 1 N–H and O–H groups in total. The standard InChI is InChI=1S/C17H26N2O3/c1-12(2)16(18-14(4)20)17(21)19(5)10-11-22-15-9-7-6-8-13(15)3/h6-9,12,16H,10-11H2,1-5H3,(H,18,20)/t16-/m0/s1. The number of amides is 2. The van der Waals surface area contributed by atoms with E-state index in [1.165, 1.54) is 6.92 Å². The van der Waals surface area contributed by atoms with E-state index in [0.717, 1.165) is 11.3 Å². The normalized spacial score (nSPS) is 11.9. The predicted octanol–water partition coefficient (Wildman–Crippen LogP) is 1.99.